The van der Waals surface area contributed by atoms with E-state index in [9.17, 15) is 0 Å². The van der Waals surface area contributed by atoms with E-state index in [1.165, 1.54) is 17.5 Å². The lowest BCUT2D eigenvalue weighted by Crippen LogP contribution is -1.77. The van der Waals surface area contributed by atoms with Crippen molar-refractivity contribution in [2.24, 2.45) is 0 Å². The molecule has 13 heavy (non-hydrogen) atoms. The van der Waals surface area contributed by atoms with E-state index in [1.807, 2.05) is 0 Å². The second-order valence-electron chi connectivity index (χ2n) is 3.07. The van der Waals surface area contributed by atoms with E-state index in [1.54, 1.807) is 0 Å². The third-order valence-electron chi connectivity index (χ3n) is 1.90. The number of hydrogen-bond donors (Lipinski definition) is 0. The van der Waals surface area contributed by atoms with Crippen LogP contribution >= 0.6 is 11.6 Å². The predicted molar refractivity (Wildman–Crippen MR) is 59.9 cm³/mol. The third kappa shape index (κ3) is 3.65. The lowest BCUT2D eigenvalue weighted by Gasteiger charge is -1.96. The molecule has 0 unspecified atom stereocenters. The van der Waals surface area contributed by atoms with E-state index in [0.29, 0.717) is 5.88 Å². The van der Waals surface area contributed by atoms with Gasteiger partial charge in [0.1, 0.15) is 0 Å². The number of unbranched alkanes of at least 4 members (excludes halogenated alkanes) is 1. The van der Waals surface area contributed by atoms with Crippen molar-refractivity contribution < 1.29 is 0 Å². The van der Waals surface area contributed by atoms with Crippen LogP contribution in [0, 0.1) is 0 Å². The highest BCUT2D eigenvalue weighted by Gasteiger charge is 1.88. The Morgan fingerprint density at radius 1 is 1.23 bits per heavy atom. The van der Waals surface area contributed by atoms with E-state index < -0.39 is 0 Å². The van der Waals surface area contributed by atoms with Gasteiger partial charge in [0.25, 0.3) is 0 Å². The predicted octanol–water partition coefficient (Wildman–Crippen LogP) is 4.24. The Labute approximate surface area is 85.2 Å². The maximum Gasteiger partial charge on any atom is 0.0474 e. The molecule has 0 aliphatic carbocycles. The zero-order valence-electron chi connectivity index (χ0n) is 7.96. The van der Waals surface area contributed by atoms with Gasteiger partial charge in [-0.15, -0.1) is 11.6 Å². The van der Waals surface area contributed by atoms with Crippen LogP contribution in [0.4, 0.5) is 0 Å². The second kappa shape index (κ2) is 5.82. The molecule has 0 spiro atoms. The van der Waals surface area contributed by atoms with Crippen molar-refractivity contribution in [1.82, 2.24) is 0 Å². The van der Waals surface area contributed by atoms with E-state index in [2.05, 4.69) is 43.3 Å². The quantitative estimate of drug-likeness (QED) is 0.629. The summed E-state index contributed by atoms with van der Waals surface area (Å²) < 4.78 is 0. The molecular weight excluding hydrogens is 180 g/mol. The highest BCUT2D eigenvalue weighted by molar-refractivity contribution is 6.17. The number of benzene rings is 1. The van der Waals surface area contributed by atoms with Crippen molar-refractivity contribution in [2.45, 2.75) is 25.6 Å². The molecule has 0 atom stereocenters. The second-order valence-corrected chi connectivity index (χ2v) is 3.33. The molecule has 0 N–H and O–H groups in total. The van der Waals surface area contributed by atoms with Gasteiger partial charge in [0.15, 0.2) is 0 Å². The van der Waals surface area contributed by atoms with Crippen molar-refractivity contribution in [3.8, 4) is 0 Å². The molecule has 0 heterocycles. The Bertz CT molecular complexity index is 259. The lowest BCUT2D eigenvalue weighted by molar-refractivity contribution is 0.962. The maximum absolute atomic E-state index is 5.69. The van der Waals surface area contributed by atoms with Gasteiger partial charge >= 0.3 is 0 Å². The monoisotopic (exact) mass is 194 g/mol. The standard InChI is InChI=1S/C12H15Cl/c1-2-3-4-5-11-6-8-12(10-13)9-7-11/h4-9H,2-3,10H2,1H3/b5-4+. The van der Waals surface area contributed by atoms with Crippen LogP contribution in [-0.2, 0) is 5.88 Å². The van der Waals surface area contributed by atoms with Gasteiger partial charge in [-0.1, -0.05) is 49.8 Å². The molecule has 0 nitrogen and oxygen atoms in total. The van der Waals surface area contributed by atoms with Crippen molar-refractivity contribution in [3.63, 3.8) is 0 Å². The molecule has 0 saturated heterocycles. The summed E-state index contributed by atoms with van der Waals surface area (Å²) in [7, 11) is 0. The minimum absolute atomic E-state index is 0.596. The molecule has 70 valence electrons. The summed E-state index contributed by atoms with van der Waals surface area (Å²) in [5.41, 5.74) is 2.43. The zero-order chi connectivity index (χ0) is 9.52. The van der Waals surface area contributed by atoms with Gasteiger partial charge in [-0.05, 0) is 17.5 Å². The van der Waals surface area contributed by atoms with Crippen LogP contribution in [0.2, 0.25) is 0 Å². The Balaban J connectivity index is 2.58. The highest BCUT2D eigenvalue weighted by Crippen LogP contribution is 2.08. The minimum atomic E-state index is 0.596. The first-order valence-electron chi connectivity index (χ1n) is 4.68. The molecule has 1 rings (SSSR count). The summed E-state index contributed by atoms with van der Waals surface area (Å²) in [6.07, 6.45) is 6.71. The fourth-order valence-electron chi connectivity index (χ4n) is 1.10. The van der Waals surface area contributed by atoms with E-state index >= 15 is 0 Å². The van der Waals surface area contributed by atoms with Crippen molar-refractivity contribution in [3.05, 3.63) is 41.5 Å². The smallest absolute Gasteiger partial charge is 0.0474 e. The number of rotatable bonds is 4. The molecule has 1 aromatic rings. The molecular formula is C12H15Cl. The summed E-state index contributed by atoms with van der Waals surface area (Å²) in [6, 6.07) is 8.34. The number of hydrogen-bond acceptors (Lipinski definition) is 0. The summed E-state index contributed by atoms with van der Waals surface area (Å²) >= 11 is 5.69. The molecule has 0 aliphatic rings. The van der Waals surface area contributed by atoms with Crippen LogP contribution in [0.1, 0.15) is 30.9 Å². The van der Waals surface area contributed by atoms with Crippen LogP contribution in [0.15, 0.2) is 30.3 Å². The molecule has 1 heteroatoms. The summed E-state index contributed by atoms with van der Waals surface area (Å²) in [5.74, 6) is 0.596. The minimum Gasteiger partial charge on any atom is -0.122 e. The number of alkyl halides is 1. The van der Waals surface area contributed by atoms with Crippen LogP contribution in [0.5, 0.6) is 0 Å². The topological polar surface area (TPSA) is 0 Å². The van der Waals surface area contributed by atoms with E-state index in [0.717, 1.165) is 6.42 Å². The number of halogens is 1. The molecule has 0 bridgehead atoms. The highest BCUT2D eigenvalue weighted by atomic mass is 35.5. The van der Waals surface area contributed by atoms with Crippen LogP contribution < -0.4 is 0 Å². The zero-order valence-corrected chi connectivity index (χ0v) is 8.72. The fourth-order valence-corrected chi connectivity index (χ4v) is 1.28. The van der Waals surface area contributed by atoms with Gasteiger partial charge in [-0.2, -0.15) is 0 Å². The Morgan fingerprint density at radius 3 is 2.46 bits per heavy atom. The largest absolute Gasteiger partial charge is 0.122 e. The Morgan fingerprint density at radius 2 is 1.92 bits per heavy atom. The molecule has 0 aliphatic heterocycles. The van der Waals surface area contributed by atoms with E-state index in [4.69, 9.17) is 11.6 Å². The Hall–Kier alpha value is -0.750. The van der Waals surface area contributed by atoms with Crippen LogP contribution in [-0.4, -0.2) is 0 Å². The SMILES string of the molecule is CCC/C=C/c1ccc(CCl)cc1. The molecule has 1 aromatic carbocycles. The summed E-state index contributed by atoms with van der Waals surface area (Å²) in [6.45, 7) is 2.18. The number of allylic oxidation sites excluding steroid dienone is 1. The Kier molecular flexibility index (Phi) is 4.63. The van der Waals surface area contributed by atoms with Gasteiger partial charge in [0, 0.05) is 5.88 Å². The first kappa shape index (κ1) is 10.3. The first-order chi connectivity index (χ1) is 6.36. The van der Waals surface area contributed by atoms with Gasteiger partial charge in [0.2, 0.25) is 0 Å². The van der Waals surface area contributed by atoms with Crippen molar-refractivity contribution in [1.29, 1.82) is 0 Å². The first-order valence-corrected chi connectivity index (χ1v) is 5.21. The van der Waals surface area contributed by atoms with Crippen LogP contribution in [0.3, 0.4) is 0 Å². The summed E-state index contributed by atoms with van der Waals surface area (Å²) in [5, 5.41) is 0. The molecule has 0 saturated carbocycles. The van der Waals surface area contributed by atoms with Crippen molar-refractivity contribution >= 4 is 17.7 Å². The van der Waals surface area contributed by atoms with Gasteiger partial charge in [0.05, 0.1) is 0 Å². The average molecular weight is 195 g/mol. The lowest BCUT2D eigenvalue weighted by atomic mass is 10.1. The maximum atomic E-state index is 5.69. The van der Waals surface area contributed by atoms with Gasteiger partial charge in [-0.3, -0.25) is 0 Å². The molecule has 0 fully saturated rings. The van der Waals surface area contributed by atoms with Gasteiger partial charge in [-0.25, -0.2) is 0 Å². The van der Waals surface area contributed by atoms with Crippen molar-refractivity contribution in [2.75, 3.05) is 0 Å². The normalized spacial score (nSPS) is 10.9. The molecule has 0 radical (unpaired) electrons. The summed E-state index contributed by atoms with van der Waals surface area (Å²) in [4.78, 5) is 0. The van der Waals surface area contributed by atoms with Crippen LogP contribution in [0.25, 0.3) is 6.08 Å². The molecule has 0 amide bonds. The van der Waals surface area contributed by atoms with E-state index in [-0.39, 0.29) is 0 Å². The average Bonchev–Trinajstić information content (AvgIpc) is 2.19. The van der Waals surface area contributed by atoms with Gasteiger partial charge < -0.3 is 0 Å². The third-order valence-corrected chi connectivity index (χ3v) is 2.21. The fraction of sp³-hybridized carbons (Fsp3) is 0.333. The molecule has 0 aromatic heterocycles.